The number of nitrogens with two attached hydrogens (primary N) is 1. The summed E-state index contributed by atoms with van der Waals surface area (Å²) in [4.78, 5) is 0. The molecule has 1 aromatic carbocycles. The van der Waals surface area contributed by atoms with Gasteiger partial charge in [0.15, 0.2) is 5.82 Å². The van der Waals surface area contributed by atoms with E-state index in [0.717, 1.165) is 5.56 Å². The van der Waals surface area contributed by atoms with Gasteiger partial charge in [0.05, 0.1) is 22.9 Å². The number of hydrogen-bond donors (Lipinski definition) is 1. The molecule has 0 fully saturated rings. The van der Waals surface area contributed by atoms with Crippen molar-refractivity contribution in [2.45, 2.75) is 32.9 Å². The van der Waals surface area contributed by atoms with Crippen molar-refractivity contribution in [1.82, 2.24) is 20.2 Å². The third-order valence-electron chi connectivity index (χ3n) is 2.85. The van der Waals surface area contributed by atoms with Crippen LogP contribution < -0.4 is 5.73 Å². The standard InChI is InChI=1S/C13H18ClN5O/c1-4-20-13(2,3)8-19-12(16-17-18-19)9-5-6-10(14)11(15)7-9/h5-7H,4,8,15H2,1-3H3. The number of nitrogens with zero attached hydrogens (tertiary/aromatic N) is 4. The normalized spacial score (nSPS) is 11.8. The maximum atomic E-state index is 5.93. The van der Waals surface area contributed by atoms with Gasteiger partial charge in [0.25, 0.3) is 0 Å². The van der Waals surface area contributed by atoms with E-state index in [2.05, 4.69) is 15.5 Å². The minimum absolute atomic E-state index is 0.350. The largest absolute Gasteiger partial charge is 0.398 e. The first-order valence-corrected chi connectivity index (χ1v) is 6.76. The average Bonchev–Trinajstić information content (AvgIpc) is 2.80. The highest BCUT2D eigenvalue weighted by Crippen LogP contribution is 2.26. The number of tetrazole rings is 1. The fourth-order valence-corrected chi connectivity index (χ4v) is 2.12. The Hall–Kier alpha value is -1.66. The van der Waals surface area contributed by atoms with Crippen molar-refractivity contribution in [1.29, 1.82) is 0 Å². The van der Waals surface area contributed by atoms with E-state index >= 15 is 0 Å². The molecule has 0 unspecified atom stereocenters. The quantitative estimate of drug-likeness (QED) is 0.857. The highest BCUT2D eigenvalue weighted by Gasteiger charge is 2.22. The van der Waals surface area contributed by atoms with Crippen molar-refractivity contribution in [2.24, 2.45) is 0 Å². The van der Waals surface area contributed by atoms with Crippen LogP contribution in [-0.4, -0.2) is 32.4 Å². The van der Waals surface area contributed by atoms with Crippen molar-refractivity contribution < 1.29 is 4.74 Å². The van der Waals surface area contributed by atoms with Crippen LogP contribution in [0, 0.1) is 0 Å². The first kappa shape index (κ1) is 14.7. The fraction of sp³-hybridized carbons (Fsp3) is 0.462. The van der Waals surface area contributed by atoms with E-state index in [9.17, 15) is 0 Å². The van der Waals surface area contributed by atoms with Gasteiger partial charge in [0.1, 0.15) is 0 Å². The van der Waals surface area contributed by atoms with Gasteiger partial charge in [-0.2, -0.15) is 0 Å². The summed E-state index contributed by atoms with van der Waals surface area (Å²) in [5.74, 6) is 0.640. The van der Waals surface area contributed by atoms with E-state index in [-0.39, 0.29) is 5.60 Å². The van der Waals surface area contributed by atoms with Crippen LogP contribution in [0.15, 0.2) is 18.2 Å². The van der Waals surface area contributed by atoms with Crippen LogP contribution in [0.1, 0.15) is 20.8 Å². The van der Waals surface area contributed by atoms with Crippen molar-refractivity contribution in [3.8, 4) is 11.4 Å². The maximum absolute atomic E-state index is 5.93. The minimum atomic E-state index is -0.350. The summed E-state index contributed by atoms with van der Waals surface area (Å²) < 4.78 is 7.38. The monoisotopic (exact) mass is 295 g/mol. The summed E-state index contributed by atoms with van der Waals surface area (Å²) in [6.45, 7) is 7.14. The van der Waals surface area contributed by atoms with E-state index in [1.807, 2.05) is 26.8 Å². The van der Waals surface area contributed by atoms with Crippen LogP contribution in [-0.2, 0) is 11.3 Å². The lowest BCUT2D eigenvalue weighted by molar-refractivity contribution is -0.0246. The molecule has 0 saturated carbocycles. The molecule has 108 valence electrons. The van der Waals surface area contributed by atoms with Crippen LogP contribution in [0.4, 0.5) is 5.69 Å². The second-order valence-electron chi connectivity index (χ2n) is 5.09. The molecule has 0 atom stereocenters. The third-order valence-corrected chi connectivity index (χ3v) is 3.20. The molecule has 0 aliphatic heterocycles. The zero-order valence-corrected chi connectivity index (χ0v) is 12.6. The predicted molar refractivity (Wildman–Crippen MR) is 78.4 cm³/mol. The summed E-state index contributed by atoms with van der Waals surface area (Å²) in [6, 6.07) is 5.34. The van der Waals surface area contributed by atoms with Gasteiger partial charge in [-0.05, 0) is 49.4 Å². The predicted octanol–water partition coefficient (Wildman–Crippen LogP) is 2.39. The lowest BCUT2D eigenvalue weighted by Crippen LogP contribution is -2.31. The number of rotatable bonds is 5. The van der Waals surface area contributed by atoms with E-state index in [1.54, 1.807) is 16.8 Å². The number of hydrogen-bond acceptors (Lipinski definition) is 5. The molecule has 0 aliphatic rings. The molecule has 2 N–H and O–H groups in total. The number of nitrogen functional groups attached to an aromatic ring is 1. The van der Waals surface area contributed by atoms with E-state index in [4.69, 9.17) is 22.1 Å². The van der Waals surface area contributed by atoms with Crippen LogP contribution in [0.2, 0.25) is 5.02 Å². The third kappa shape index (κ3) is 3.26. The van der Waals surface area contributed by atoms with Crippen LogP contribution in [0.3, 0.4) is 0 Å². The summed E-state index contributed by atoms with van der Waals surface area (Å²) in [5, 5.41) is 12.3. The molecule has 0 aliphatic carbocycles. The Morgan fingerprint density at radius 2 is 2.15 bits per heavy atom. The minimum Gasteiger partial charge on any atom is -0.398 e. The van der Waals surface area contributed by atoms with E-state index < -0.39 is 0 Å². The number of benzene rings is 1. The van der Waals surface area contributed by atoms with Crippen LogP contribution >= 0.6 is 11.6 Å². The second kappa shape index (κ2) is 5.76. The van der Waals surface area contributed by atoms with Crippen molar-refractivity contribution in [3.63, 3.8) is 0 Å². The molecule has 2 rings (SSSR count). The van der Waals surface area contributed by atoms with E-state index in [0.29, 0.717) is 29.7 Å². The van der Waals surface area contributed by atoms with Gasteiger partial charge in [0.2, 0.25) is 0 Å². The Morgan fingerprint density at radius 3 is 2.80 bits per heavy atom. The highest BCUT2D eigenvalue weighted by atomic mass is 35.5. The molecule has 0 radical (unpaired) electrons. The molecular formula is C13H18ClN5O. The topological polar surface area (TPSA) is 78.8 Å². The molecule has 1 aromatic heterocycles. The molecule has 6 nitrogen and oxygen atoms in total. The number of ether oxygens (including phenoxy) is 1. The lowest BCUT2D eigenvalue weighted by atomic mass is 10.1. The van der Waals surface area contributed by atoms with Crippen LogP contribution in [0.25, 0.3) is 11.4 Å². The van der Waals surface area contributed by atoms with Gasteiger partial charge >= 0.3 is 0 Å². The summed E-state index contributed by atoms with van der Waals surface area (Å²) in [6.07, 6.45) is 0. The number of halogens is 1. The first-order valence-electron chi connectivity index (χ1n) is 6.38. The summed E-state index contributed by atoms with van der Waals surface area (Å²) in [7, 11) is 0. The molecule has 0 amide bonds. The van der Waals surface area contributed by atoms with Crippen LogP contribution in [0.5, 0.6) is 0 Å². The van der Waals surface area contributed by atoms with Gasteiger partial charge in [-0.15, -0.1) is 5.10 Å². The average molecular weight is 296 g/mol. The summed E-state index contributed by atoms with van der Waals surface area (Å²) in [5.41, 5.74) is 6.79. The van der Waals surface area contributed by atoms with Gasteiger partial charge < -0.3 is 10.5 Å². The SMILES string of the molecule is CCOC(C)(C)Cn1nnnc1-c1ccc(Cl)c(N)c1. The number of aromatic nitrogens is 4. The van der Waals surface area contributed by atoms with Gasteiger partial charge in [-0.25, -0.2) is 4.68 Å². The molecule has 7 heteroatoms. The van der Waals surface area contributed by atoms with Gasteiger partial charge in [-0.3, -0.25) is 0 Å². The number of anilines is 1. The molecule has 0 saturated heterocycles. The molecule has 2 aromatic rings. The van der Waals surface area contributed by atoms with Gasteiger partial charge in [0, 0.05) is 12.2 Å². The van der Waals surface area contributed by atoms with E-state index in [1.165, 1.54) is 0 Å². The smallest absolute Gasteiger partial charge is 0.182 e. The maximum Gasteiger partial charge on any atom is 0.182 e. The summed E-state index contributed by atoms with van der Waals surface area (Å²) >= 11 is 5.93. The molecular weight excluding hydrogens is 278 g/mol. The first-order chi connectivity index (χ1) is 9.43. The zero-order chi connectivity index (χ0) is 14.8. The molecule has 1 heterocycles. The Balaban J connectivity index is 2.30. The fourth-order valence-electron chi connectivity index (χ4n) is 2.00. The van der Waals surface area contributed by atoms with Crippen molar-refractivity contribution in [3.05, 3.63) is 23.2 Å². The zero-order valence-electron chi connectivity index (χ0n) is 11.8. The lowest BCUT2D eigenvalue weighted by Gasteiger charge is -2.24. The Labute approximate surface area is 122 Å². The van der Waals surface area contributed by atoms with Crippen molar-refractivity contribution >= 4 is 17.3 Å². The molecule has 0 spiro atoms. The Kier molecular flexibility index (Phi) is 4.25. The van der Waals surface area contributed by atoms with Gasteiger partial charge in [-0.1, -0.05) is 11.6 Å². The second-order valence-corrected chi connectivity index (χ2v) is 5.50. The van der Waals surface area contributed by atoms with Crippen molar-refractivity contribution in [2.75, 3.05) is 12.3 Å². The Morgan fingerprint density at radius 1 is 1.40 bits per heavy atom. The molecule has 20 heavy (non-hydrogen) atoms. The Bertz CT molecular complexity index is 596. The highest BCUT2D eigenvalue weighted by molar-refractivity contribution is 6.33. The molecule has 0 bridgehead atoms.